The average Bonchev–Trinajstić information content (AvgIpc) is 2.61. The van der Waals surface area contributed by atoms with E-state index in [0.29, 0.717) is 18.1 Å². The van der Waals surface area contributed by atoms with E-state index in [4.69, 9.17) is 10.6 Å². The van der Waals surface area contributed by atoms with Crippen molar-refractivity contribution in [3.63, 3.8) is 0 Å². The molecule has 0 bridgehead atoms. The summed E-state index contributed by atoms with van der Waals surface area (Å²) in [6, 6.07) is 0.430. The molecule has 1 fully saturated rings. The molecule has 1 aliphatic carbocycles. The standard InChI is InChI=1S/C8H18N4O/c1-10-8(12-9)11-6-3-4-7(5-6)13-2/h6-7H,3-5,9H2,1-2H3,(H2,10,11,12). The molecule has 1 aliphatic rings. The topological polar surface area (TPSA) is 71.7 Å². The Bertz CT molecular complexity index is 183. The predicted molar refractivity (Wildman–Crippen MR) is 52.3 cm³/mol. The normalized spacial score (nSPS) is 29.0. The van der Waals surface area contributed by atoms with Gasteiger partial charge in [0.25, 0.3) is 0 Å². The zero-order chi connectivity index (χ0) is 9.68. The summed E-state index contributed by atoms with van der Waals surface area (Å²) in [5, 5.41) is 3.21. The molecule has 0 amide bonds. The first-order chi connectivity index (χ1) is 6.30. The van der Waals surface area contributed by atoms with Crippen molar-refractivity contribution in [2.24, 2.45) is 10.8 Å². The lowest BCUT2D eigenvalue weighted by Crippen LogP contribution is -2.45. The van der Waals surface area contributed by atoms with E-state index in [1.165, 1.54) is 0 Å². The van der Waals surface area contributed by atoms with Gasteiger partial charge >= 0.3 is 0 Å². The molecular weight excluding hydrogens is 168 g/mol. The summed E-state index contributed by atoms with van der Waals surface area (Å²) in [7, 11) is 3.45. The molecule has 5 heteroatoms. The van der Waals surface area contributed by atoms with Gasteiger partial charge in [-0.25, -0.2) is 5.84 Å². The molecule has 1 saturated carbocycles. The molecule has 4 N–H and O–H groups in total. The van der Waals surface area contributed by atoms with Crippen molar-refractivity contribution >= 4 is 5.96 Å². The molecule has 0 aromatic carbocycles. The molecule has 0 radical (unpaired) electrons. The Hall–Kier alpha value is -0.810. The van der Waals surface area contributed by atoms with Crippen LogP contribution >= 0.6 is 0 Å². The van der Waals surface area contributed by atoms with Gasteiger partial charge in [-0.2, -0.15) is 0 Å². The second-order valence-corrected chi connectivity index (χ2v) is 3.23. The Kier molecular flexibility index (Phi) is 3.98. The van der Waals surface area contributed by atoms with Gasteiger partial charge in [-0.15, -0.1) is 0 Å². The highest BCUT2D eigenvalue weighted by atomic mass is 16.5. The number of methoxy groups -OCH3 is 1. The monoisotopic (exact) mass is 186 g/mol. The number of hydrogen-bond acceptors (Lipinski definition) is 3. The van der Waals surface area contributed by atoms with E-state index in [9.17, 15) is 0 Å². The second-order valence-electron chi connectivity index (χ2n) is 3.23. The zero-order valence-electron chi connectivity index (χ0n) is 8.21. The lowest BCUT2D eigenvalue weighted by molar-refractivity contribution is 0.107. The average molecular weight is 186 g/mol. The van der Waals surface area contributed by atoms with E-state index in [1.807, 2.05) is 0 Å². The van der Waals surface area contributed by atoms with Gasteiger partial charge < -0.3 is 10.1 Å². The predicted octanol–water partition coefficient (Wildman–Crippen LogP) is -0.407. The van der Waals surface area contributed by atoms with Gasteiger partial charge in [0, 0.05) is 20.2 Å². The molecule has 13 heavy (non-hydrogen) atoms. The van der Waals surface area contributed by atoms with Crippen molar-refractivity contribution < 1.29 is 4.74 Å². The highest BCUT2D eigenvalue weighted by molar-refractivity contribution is 5.79. The molecule has 0 spiro atoms. The van der Waals surface area contributed by atoms with E-state index in [1.54, 1.807) is 14.2 Å². The minimum absolute atomic E-state index is 0.383. The smallest absolute Gasteiger partial charge is 0.205 e. The van der Waals surface area contributed by atoms with Crippen LogP contribution in [-0.4, -0.2) is 32.3 Å². The maximum Gasteiger partial charge on any atom is 0.205 e. The van der Waals surface area contributed by atoms with Crippen molar-refractivity contribution in [2.45, 2.75) is 31.4 Å². The molecule has 0 saturated heterocycles. The third-order valence-electron chi connectivity index (χ3n) is 2.42. The summed E-state index contributed by atoms with van der Waals surface area (Å²) in [5.74, 6) is 5.89. The van der Waals surface area contributed by atoms with Crippen molar-refractivity contribution in [2.75, 3.05) is 14.2 Å². The molecule has 1 rings (SSSR count). The van der Waals surface area contributed by atoms with E-state index in [0.717, 1.165) is 19.3 Å². The van der Waals surface area contributed by atoms with Crippen molar-refractivity contribution in [3.05, 3.63) is 0 Å². The van der Waals surface area contributed by atoms with Crippen molar-refractivity contribution in [3.8, 4) is 0 Å². The molecule has 0 heterocycles. The maximum atomic E-state index is 5.26. The first-order valence-corrected chi connectivity index (χ1v) is 4.53. The van der Waals surface area contributed by atoms with Crippen LogP contribution in [0.4, 0.5) is 0 Å². The molecule has 0 aliphatic heterocycles. The zero-order valence-corrected chi connectivity index (χ0v) is 8.21. The highest BCUT2D eigenvalue weighted by Crippen LogP contribution is 2.20. The lowest BCUT2D eigenvalue weighted by Gasteiger charge is -2.14. The number of guanidine groups is 1. The van der Waals surface area contributed by atoms with Crippen LogP contribution < -0.4 is 16.6 Å². The molecule has 0 aromatic rings. The fourth-order valence-corrected chi connectivity index (χ4v) is 1.65. The fourth-order valence-electron chi connectivity index (χ4n) is 1.65. The van der Waals surface area contributed by atoms with Crippen LogP contribution in [0.5, 0.6) is 0 Å². The Labute approximate surface area is 78.7 Å². The first kappa shape index (κ1) is 10.3. The Morgan fingerprint density at radius 1 is 1.54 bits per heavy atom. The molecule has 0 aromatic heterocycles. The lowest BCUT2D eigenvalue weighted by atomic mass is 10.2. The number of nitrogens with one attached hydrogen (secondary N) is 2. The van der Waals surface area contributed by atoms with Gasteiger partial charge in [0.2, 0.25) is 5.96 Å². The van der Waals surface area contributed by atoms with Gasteiger partial charge in [-0.1, -0.05) is 0 Å². The van der Waals surface area contributed by atoms with E-state index in [2.05, 4.69) is 15.7 Å². The Morgan fingerprint density at radius 3 is 2.77 bits per heavy atom. The first-order valence-electron chi connectivity index (χ1n) is 4.53. The third kappa shape index (κ3) is 2.86. The number of ether oxygens (including phenoxy) is 1. The van der Waals surface area contributed by atoms with Crippen LogP contribution in [0, 0.1) is 0 Å². The number of nitrogens with zero attached hydrogens (tertiary/aromatic N) is 1. The number of rotatable bonds is 2. The Morgan fingerprint density at radius 2 is 2.31 bits per heavy atom. The van der Waals surface area contributed by atoms with Crippen LogP contribution in [-0.2, 0) is 4.74 Å². The summed E-state index contributed by atoms with van der Waals surface area (Å²) < 4.78 is 5.26. The number of hydrogen-bond donors (Lipinski definition) is 3. The minimum Gasteiger partial charge on any atom is -0.381 e. The van der Waals surface area contributed by atoms with Crippen LogP contribution in [0.15, 0.2) is 4.99 Å². The SMILES string of the molecule is CN=C(NN)NC1CCC(OC)C1. The second kappa shape index (κ2) is 5.04. The molecule has 5 nitrogen and oxygen atoms in total. The van der Waals surface area contributed by atoms with E-state index >= 15 is 0 Å². The van der Waals surface area contributed by atoms with Gasteiger partial charge in [-0.05, 0) is 19.3 Å². The van der Waals surface area contributed by atoms with Crippen LogP contribution in [0.25, 0.3) is 0 Å². The number of aliphatic imine (C=N–C) groups is 1. The van der Waals surface area contributed by atoms with Gasteiger partial charge in [0.15, 0.2) is 0 Å². The molecule has 2 unspecified atom stereocenters. The summed E-state index contributed by atoms with van der Waals surface area (Å²) in [5.41, 5.74) is 2.51. The third-order valence-corrected chi connectivity index (χ3v) is 2.42. The fraction of sp³-hybridized carbons (Fsp3) is 0.875. The van der Waals surface area contributed by atoms with Crippen molar-refractivity contribution in [1.82, 2.24) is 10.7 Å². The van der Waals surface area contributed by atoms with Crippen LogP contribution in [0.1, 0.15) is 19.3 Å². The molecule has 2 atom stereocenters. The largest absolute Gasteiger partial charge is 0.381 e. The minimum atomic E-state index is 0.383. The van der Waals surface area contributed by atoms with Gasteiger partial charge in [0.1, 0.15) is 0 Å². The quantitative estimate of drug-likeness (QED) is 0.237. The highest BCUT2D eigenvalue weighted by Gasteiger charge is 2.24. The molecular formula is C8H18N4O. The van der Waals surface area contributed by atoms with Crippen molar-refractivity contribution in [1.29, 1.82) is 0 Å². The summed E-state index contributed by atoms with van der Waals surface area (Å²) >= 11 is 0. The summed E-state index contributed by atoms with van der Waals surface area (Å²) in [6.07, 6.45) is 3.62. The van der Waals surface area contributed by atoms with Crippen LogP contribution in [0.2, 0.25) is 0 Å². The molecule has 76 valence electrons. The number of hydrazine groups is 1. The van der Waals surface area contributed by atoms with Gasteiger partial charge in [0.05, 0.1) is 6.10 Å². The number of nitrogens with two attached hydrogens (primary N) is 1. The Balaban J connectivity index is 2.31. The van der Waals surface area contributed by atoms with Gasteiger partial charge in [-0.3, -0.25) is 10.4 Å². The summed E-state index contributed by atoms with van der Waals surface area (Å²) in [6.45, 7) is 0. The maximum absolute atomic E-state index is 5.26. The summed E-state index contributed by atoms with van der Waals surface area (Å²) in [4.78, 5) is 3.95. The van der Waals surface area contributed by atoms with Crippen LogP contribution in [0.3, 0.4) is 0 Å². The van der Waals surface area contributed by atoms with E-state index < -0.39 is 0 Å². The van der Waals surface area contributed by atoms with E-state index in [-0.39, 0.29) is 0 Å².